The Morgan fingerprint density at radius 2 is 1.81 bits per heavy atom. The number of amides is 1. The molecule has 1 amide bonds. The van der Waals surface area contributed by atoms with Gasteiger partial charge >= 0.3 is 0 Å². The normalized spacial score (nSPS) is 11.4. The van der Waals surface area contributed by atoms with Crippen molar-refractivity contribution < 1.29 is 22.4 Å². The third kappa shape index (κ3) is 4.87. The molecule has 0 aliphatic carbocycles. The summed E-state index contributed by atoms with van der Waals surface area (Å²) in [4.78, 5) is 17.4. The van der Waals surface area contributed by atoms with Crippen LogP contribution in [0.2, 0.25) is 10.0 Å². The van der Waals surface area contributed by atoms with Gasteiger partial charge in [0, 0.05) is 22.3 Å². The maximum Gasteiger partial charge on any atom is 0.280 e. The first-order valence-corrected chi connectivity index (χ1v) is 11.4. The molecule has 0 spiro atoms. The summed E-state index contributed by atoms with van der Waals surface area (Å²) < 4.78 is 57.2. The summed E-state index contributed by atoms with van der Waals surface area (Å²) in [5.41, 5.74) is -0.140. The van der Waals surface area contributed by atoms with Gasteiger partial charge in [0.25, 0.3) is 12.3 Å². The van der Waals surface area contributed by atoms with Crippen LogP contribution in [-0.2, 0) is 6.54 Å². The van der Waals surface area contributed by atoms with E-state index in [-0.39, 0.29) is 44.9 Å². The molecule has 37 heavy (non-hydrogen) atoms. The van der Waals surface area contributed by atoms with Crippen LogP contribution < -0.4 is 5.32 Å². The van der Waals surface area contributed by atoms with E-state index in [0.717, 1.165) is 16.8 Å². The number of hydrogen-bond donors (Lipinski definition) is 1. The predicted molar refractivity (Wildman–Crippen MR) is 129 cm³/mol. The van der Waals surface area contributed by atoms with E-state index in [1.807, 2.05) is 0 Å². The van der Waals surface area contributed by atoms with Crippen LogP contribution in [0.1, 0.15) is 28.0 Å². The second kappa shape index (κ2) is 9.83. The number of nitrogens with one attached hydrogen (secondary N) is 1. The number of hydrogen-bond acceptors (Lipinski definition) is 4. The van der Waals surface area contributed by atoms with E-state index in [4.69, 9.17) is 23.2 Å². The number of benzene rings is 2. The zero-order valence-electron chi connectivity index (χ0n) is 18.5. The minimum atomic E-state index is -2.93. The van der Waals surface area contributed by atoms with E-state index in [1.54, 1.807) is 0 Å². The fourth-order valence-electron chi connectivity index (χ4n) is 3.65. The van der Waals surface area contributed by atoms with Gasteiger partial charge in [-0.05, 0) is 42.5 Å². The Morgan fingerprint density at radius 3 is 2.51 bits per heavy atom. The van der Waals surface area contributed by atoms with Crippen molar-refractivity contribution in [3.8, 4) is 11.3 Å². The standard InChI is InChI=1S/C24H14Cl2F4N6O/c25-16-2-1-3-18(28)15(16)10-35-11-17(26)22(34-35)33-24(37)14-9-31-36-20(21(29)30)8-19(32-23(14)36)12-4-6-13(27)7-5-12/h1-9,11,21H,10H2,(H,33,34,37). The number of carbonyl (C=O) groups excluding carboxylic acids is 1. The van der Waals surface area contributed by atoms with Crippen LogP contribution in [0, 0.1) is 11.6 Å². The topological polar surface area (TPSA) is 77.1 Å². The average Bonchev–Trinajstić information content (AvgIpc) is 3.44. The minimum absolute atomic E-state index is 0.0468. The molecule has 0 aliphatic rings. The number of carbonyl (C=O) groups is 1. The van der Waals surface area contributed by atoms with Gasteiger partial charge in [-0.2, -0.15) is 10.2 Å². The highest BCUT2D eigenvalue weighted by molar-refractivity contribution is 6.33. The first kappa shape index (κ1) is 24.7. The van der Waals surface area contributed by atoms with Crippen LogP contribution in [0.5, 0.6) is 0 Å². The van der Waals surface area contributed by atoms with Gasteiger partial charge in [-0.3, -0.25) is 9.48 Å². The number of alkyl halides is 2. The Bertz CT molecular complexity index is 1610. The Labute approximate surface area is 216 Å². The lowest BCUT2D eigenvalue weighted by molar-refractivity contribution is 0.102. The highest BCUT2D eigenvalue weighted by Gasteiger charge is 2.23. The minimum Gasteiger partial charge on any atom is -0.304 e. The molecule has 1 N–H and O–H groups in total. The van der Waals surface area contributed by atoms with Crippen molar-refractivity contribution in [1.82, 2.24) is 24.4 Å². The summed E-state index contributed by atoms with van der Waals surface area (Å²) >= 11 is 12.3. The highest BCUT2D eigenvalue weighted by Crippen LogP contribution is 2.28. The lowest BCUT2D eigenvalue weighted by Gasteiger charge is -2.09. The Kier molecular flexibility index (Phi) is 6.57. The number of halogens is 6. The molecule has 3 aromatic heterocycles. The fourth-order valence-corrected chi connectivity index (χ4v) is 4.07. The van der Waals surface area contributed by atoms with E-state index in [9.17, 15) is 22.4 Å². The van der Waals surface area contributed by atoms with Gasteiger partial charge in [0.1, 0.15) is 27.9 Å². The molecule has 3 heterocycles. The van der Waals surface area contributed by atoms with Crippen LogP contribution >= 0.6 is 23.2 Å². The van der Waals surface area contributed by atoms with Gasteiger partial charge in [-0.1, -0.05) is 29.3 Å². The second-order valence-electron chi connectivity index (χ2n) is 7.85. The van der Waals surface area contributed by atoms with E-state index < -0.39 is 29.7 Å². The number of aromatic nitrogens is 5. The Hall–Kier alpha value is -3.96. The highest BCUT2D eigenvalue weighted by atomic mass is 35.5. The molecule has 0 fully saturated rings. The second-order valence-corrected chi connectivity index (χ2v) is 8.66. The van der Waals surface area contributed by atoms with Gasteiger partial charge in [0.2, 0.25) is 0 Å². The number of fused-ring (bicyclic) bond motifs is 1. The van der Waals surface area contributed by atoms with Crippen molar-refractivity contribution >= 4 is 40.6 Å². The summed E-state index contributed by atoms with van der Waals surface area (Å²) in [6, 6.07) is 10.5. The molecule has 2 aromatic carbocycles. The third-order valence-electron chi connectivity index (χ3n) is 5.44. The molecule has 0 atom stereocenters. The average molecular weight is 549 g/mol. The smallest absolute Gasteiger partial charge is 0.280 e. The molecule has 0 bridgehead atoms. The molecular weight excluding hydrogens is 535 g/mol. The third-order valence-corrected chi connectivity index (χ3v) is 6.07. The van der Waals surface area contributed by atoms with Crippen LogP contribution in [0.15, 0.2) is 60.9 Å². The molecule has 0 unspecified atom stereocenters. The quantitative estimate of drug-likeness (QED) is 0.248. The van der Waals surface area contributed by atoms with E-state index in [0.29, 0.717) is 5.56 Å². The van der Waals surface area contributed by atoms with Crippen LogP contribution in [0.4, 0.5) is 23.4 Å². The summed E-state index contributed by atoms with van der Waals surface area (Å²) in [6.07, 6.45) is -0.478. The SMILES string of the molecule is O=C(Nc1nn(Cc2c(F)cccc2Cl)cc1Cl)c1cnn2c(C(F)F)cc(-c3ccc(F)cc3)nc12. The van der Waals surface area contributed by atoms with Crippen molar-refractivity contribution in [3.63, 3.8) is 0 Å². The van der Waals surface area contributed by atoms with E-state index >= 15 is 0 Å². The summed E-state index contributed by atoms with van der Waals surface area (Å²) in [5, 5.41) is 10.8. The van der Waals surface area contributed by atoms with Crippen LogP contribution in [-0.4, -0.2) is 30.3 Å². The maximum absolute atomic E-state index is 14.1. The van der Waals surface area contributed by atoms with Gasteiger partial charge in [-0.15, -0.1) is 0 Å². The van der Waals surface area contributed by atoms with Gasteiger partial charge in [0.05, 0.1) is 18.4 Å². The van der Waals surface area contributed by atoms with Gasteiger partial charge < -0.3 is 5.32 Å². The summed E-state index contributed by atoms with van der Waals surface area (Å²) in [5.74, 6) is -1.86. The van der Waals surface area contributed by atoms with Crippen molar-refractivity contribution in [2.45, 2.75) is 13.0 Å². The number of anilines is 1. The molecule has 7 nitrogen and oxygen atoms in total. The van der Waals surface area contributed by atoms with Crippen molar-refractivity contribution in [3.05, 3.63) is 99.4 Å². The molecular formula is C24H14Cl2F4N6O. The monoisotopic (exact) mass is 548 g/mol. The number of nitrogens with zero attached hydrogens (tertiary/aromatic N) is 5. The Morgan fingerprint density at radius 1 is 1.05 bits per heavy atom. The van der Waals surface area contributed by atoms with E-state index in [1.165, 1.54) is 53.3 Å². The fraction of sp³-hybridized carbons (Fsp3) is 0.0833. The maximum atomic E-state index is 14.1. The van der Waals surface area contributed by atoms with E-state index in [2.05, 4.69) is 20.5 Å². The Balaban J connectivity index is 1.47. The lowest BCUT2D eigenvalue weighted by atomic mass is 10.1. The zero-order valence-corrected chi connectivity index (χ0v) is 20.0. The first-order chi connectivity index (χ1) is 17.7. The molecule has 0 saturated heterocycles. The largest absolute Gasteiger partial charge is 0.304 e. The van der Waals surface area contributed by atoms with Gasteiger partial charge in [0.15, 0.2) is 11.5 Å². The molecule has 5 aromatic rings. The molecule has 0 radical (unpaired) electrons. The molecule has 188 valence electrons. The lowest BCUT2D eigenvalue weighted by Crippen LogP contribution is -2.14. The van der Waals surface area contributed by atoms with Crippen molar-refractivity contribution in [2.75, 3.05) is 5.32 Å². The zero-order chi connectivity index (χ0) is 26.3. The van der Waals surface area contributed by atoms with Crippen LogP contribution in [0.25, 0.3) is 16.9 Å². The van der Waals surface area contributed by atoms with Crippen LogP contribution in [0.3, 0.4) is 0 Å². The molecule has 0 aliphatic heterocycles. The molecule has 5 rings (SSSR count). The van der Waals surface area contributed by atoms with Crippen molar-refractivity contribution in [1.29, 1.82) is 0 Å². The number of rotatable bonds is 6. The van der Waals surface area contributed by atoms with Crippen molar-refractivity contribution in [2.24, 2.45) is 0 Å². The predicted octanol–water partition coefficient (Wildman–Crippen LogP) is 6.42. The first-order valence-electron chi connectivity index (χ1n) is 10.6. The molecule has 0 saturated carbocycles. The van der Waals surface area contributed by atoms with Gasteiger partial charge in [-0.25, -0.2) is 27.1 Å². The molecule has 13 heteroatoms. The summed E-state index contributed by atoms with van der Waals surface area (Å²) in [6.45, 7) is -0.0574. The summed E-state index contributed by atoms with van der Waals surface area (Å²) in [7, 11) is 0.